The van der Waals surface area contributed by atoms with Gasteiger partial charge in [-0.1, -0.05) is 24.4 Å². The van der Waals surface area contributed by atoms with E-state index in [4.69, 9.17) is 11.6 Å². The Morgan fingerprint density at radius 1 is 1.16 bits per heavy atom. The Balaban J connectivity index is 1.68. The van der Waals surface area contributed by atoms with Gasteiger partial charge in [-0.25, -0.2) is 13.4 Å². The van der Waals surface area contributed by atoms with Gasteiger partial charge in [0.2, 0.25) is 5.91 Å². The number of rotatable bonds is 3. The first-order valence-electron chi connectivity index (χ1n) is 8.01. The molecule has 1 fully saturated rings. The summed E-state index contributed by atoms with van der Waals surface area (Å²) in [7, 11) is -3.77. The van der Waals surface area contributed by atoms with E-state index in [1.807, 2.05) is 0 Å². The fourth-order valence-corrected chi connectivity index (χ4v) is 4.79. The molecule has 0 radical (unpaired) electrons. The van der Waals surface area contributed by atoms with Crippen molar-refractivity contribution in [1.82, 2.24) is 4.98 Å². The van der Waals surface area contributed by atoms with Gasteiger partial charge in [-0.05, 0) is 48.7 Å². The summed E-state index contributed by atoms with van der Waals surface area (Å²) < 4.78 is 27.6. The summed E-state index contributed by atoms with van der Waals surface area (Å²) in [6.45, 7) is 0. The Morgan fingerprint density at radius 3 is 2.60 bits per heavy atom. The molecule has 6 nitrogen and oxygen atoms in total. The number of carbonyl (C=O) groups excluding carboxylic acids is 1. The van der Waals surface area contributed by atoms with Crippen molar-refractivity contribution in [2.24, 2.45) is 0 Å². The van der Waals surface area contributed by atoms with Gasteiger partial charge in [0.25, 0.3) is 10.0 Å². The number of sulfonamides is 1. The van der Waals surface area contributed by atoms with Crippen molar-refractivity contribution in [2.45, 2.75) is 36.0 Å². The number of hydrogen-bond donors (Lipinski definition) is 2. The van der Waals surface area contributed by atoms with Crippen LogP contribution in [0.1, 0.15) is 31.2 Å². The zero-order valence-electron chi connectivity index (χ0n) is 13.3. The van der Waals surface area contributed by atoms with Crippen molar-refractivity contribution in [3.8, 4) is 0 Å². The van der Waals surface area contributed by atoms with Gasteiger partial charge in [-0.15, -0.1) is 0 Å². The van der Waals surface area contributed by atoms with E-state index in [1.165, 1.54) is 18.3 Å². The lowest BCUT2D eigenvalue weighted by atomic mass is 9.80. The number of aromatic nitrogens is 1. The van der Waals surface area contributed by atoms with Crippen molar-refractivity contribution in [3.05, 3.63) is 47.2 Å². The predicted molar refractivity (Wildman–Crippen MR) is 95.3 cm³/mol. The van der Waals surface area contributed by atoms with E-state index in [-0.39, 0.29) is 16.0 Å². The minimum atomic E-state index is -3.77. The van der Waals surface area contributed by atoms with Crippen LogP contribution >= 0.6 is 11.6 Å². The smallest absolute Gasteiger partial charge is 0.263 e. The molecule has 0 unspecified atom stereocenters. The molecule has 1 aliphatic carbocycles. The molecule has 2 N–H and O–H groups in total. The fraction of sp³-hybridized carbons (Fsp3) is 0.294. The number of fused-ring (bicyclic) bond motifs is 2. The molecule has 1 aromatic heterocycles. The normalized spacial score (nSPS) is 18.2. The number of hydrogen-bond acceptors (Lipinski definition) is 4. The van der Waals surface area contributed by atoms with Crippen LogP contribution in [0.4, 0.5) is 11.4 Å². The number of halogens is 1. The van der Waals surface area contributed by atoms with Crippen LogP contribution in [0.15, 0.2) is 41.4 Å². The Hall–Kier alpha value is -2.12. The summed E-state index contributed by atoms with van der Waals surface area (Å²) >= 11 is 5.70. The van der Waals surface area contributed by atoms with Gasteiger partial charge < -0.3 is 5.32 Å². The molecule has 1 aromatic carbocycles. The van der Waals surface area contributed by atoms with Crippen molar-refractivity contribution < 1.29 is 13.2 Å². The van der Waals surface area contributed by atoms with Gasteiger partial charge in [0.1, 0.15) is 10.0 Å². The second kappa shape index (κ2) is 5.71. The van der Waals surface area contributed by atoms with E-state index in [2.05, 4.69) is 15.0 Å². The van der Waals surface area contributed by atoms with Crippen LogP contribution < -0.4 is 10.0 Å². The topological polar surface area (TPSA) is 88.2 Å². The van der Waals surface area contributed by atoms with Gasteiger partial charge in [0, 0.05) is 17.6 Å². The number of pyridine rings is 1. The zero-order chi connectivity index (χ0) is 17.7. The summed E-state index contributed by atoms with van der Waals surface area (Å²) in [5.74, 6) is 0.0157. The maximum atomic E-state index is 12.5. The highest BCUT2D eigenvalue weighted by molar-refractivity contribution is 7.92. The number of nitrogens with one attached hydrogen (secondary N) is 2. The summed E-state index contributed by atoms with van der Waals surface area (Å²) in [4.78, 5) is 16.3. The average Bonchev–Trinajstić information content (AvgIpc) is 3.16. The Bertz CT molecular complexity index is 952. The van der Waals surface area contributed by atoms with Gasteiger partial charge >= 0.3 is 0 Å². The molecule has 0 saturated heterocycles. The minimum absolute atomic E-state index is 0.0157. The highest BCUT2D eigenvalue weighted by Crippen LogP contribution is 2.49. The zero-order valence-corrected chi connectivity index (χ0v) is 14.8. The van der Waals surface area contributed by atoms with E-state index < -0.39 is 15.4 Å². The van der Waals surface area contributed by atoms with Crippen molar-refractivity contribution in [1.29, 1.82) is 0 Å². The van der Waals surface area contributed by atoms with E-state index in [9.17, 15) is 13.2 Å². The first kappa shape index (κ1) is 16.4. The summed E-state index contributed by atoms with van der Waals surface area (Å²) in [5, 5.41) is 3.14. The number of amides is 1. The lowest BCUT2D eigenvalue weighted by molar-refractivity contribution is -0.120. The Labute approximate surface area is 150 Å². The van der Waals surface area contributed by atoms with Crippen molar-refractivity contribution >= 4 is 38.9 Å². The lowest BCUT2D eigenvalue weighted by Crippen LogP contribution is -2.31. The molecule has 130 valence electrons. The SMILES string of the molecule is O=C1Nc2ccc(NS(=O)(=O)c3ccc(Cl)nc3)cc2C12CCCC2. The molecule has 1 spiro atoms. The summed E-state index contributed by atoms with van der Waals surface area (Å²) in [5.41, 5.74) is 1.56. The van der Waals surface area contributed by atoms with E-state index in [0.717, 1.165) is 36.9 Å². The lowest BCUT2D eigenvalue weighted by Gasteiger charge is -2.21. The second-order valence-electron chi connectivity index (χ2n) is 6.43. The third kappa shape index (κ3) is 2.67. The van der Waals surface area contributed by atoms with E-state index in [1.54, 1.807) is 18.2 Å². The number of nitrogens with zero attached hydrogens (tertiary/aromatic N) is 1. The summed E-state index contributed by atoms with van der Waals surface area (Å²) in [6, 6.07) is 7.98. The van der Waals surface area contributed by atoms with Crippen LogP contribution in [0, 0.1) is 0 Å². The molecule has 4 rings (SSSR count). The van der Waals surface area contributed by atoms with Crippen molar-refractivity contribution in [3.63, 3.8) is 0 Å². The van der Waals surface area contributed by atoms with Crippen LogP contribution in [-0.4, -0.2) is 19.3 Å². The van der Waals surface area contributed by atoms with E-state index in [0.29, 0.717) is 5.69 Å². The quantitative estimate of drug-likeness (QED) is 0.803. The number of benzene rings is 1. The first-order valence-corrected chi connectivity index (χ1v) is 9.87. The van der Waals surface area contributed by atoms with Crippen LogP contribution in [-0.2, 0) is 20.2 Å². The third-order valence-electron chi connectivity index (χ3n) is 4.94. The minimum Gasteiger partial charge on any atom is -0.325 e. The van der Waals surface area contributed by atoms with Crippen molar-refractivity contribution in [2.75, 3.05) is 10.0 Å². The van der Waals surface area contributed by atoms with Crippen LogP contribution in [0.5, 0.6) is 0 Å². The molecule has 8 heteroatoms. The molecular formula is C17H16ClN3O3S. The molecule has 25 heavy (non-hydrogen) atoms. The molecule has 2 aromatic rings. The molecule has 1 amide bonds. The van der Waals surface area contributed by atoms with E-state index >= 15 is 0 Å². The first-order chi connectivity index (χ1) is 11.9. The van der Waals surface area contributed by atoms with Gasteiger partial charge in [-0.2, -0.15) is 0 Å². The van der Waals surface area contributed by atoms with Crippen LogP contribution in [0.25, 0.3) is 0 Å². The summed E-state index contributed by atoms with van der Waals surface area (Å²) in [6.07, 6.45) is 4.80. The molecule has 1 saturated carbocycles. The van der Waals surface area contributed by atoms with Gasteiger partial charge in [0.15, 0.2) is 0 Å². The highest BCUT2D eigenvalue weighted by atomic mass is 35.5. The fourth-order valence-electron chi connectivity index (χ4n) is 3.69. The maximum Gasteiger partial charge on any atom is 0.263 e. The molecule has 2 aliphatic rings. The van der Waals surface area contributed by atoms with Gasteiger partial charge in [-0.3, -0.25) is 9.52 Å². The average molecular weight is 378 g/mol. The number of carbonyl (C=O) groups is 1. The highest BCUT2D eigenvalue weighted by Gasteiger charge is 2.48. The molecule has 2 heterocycles. The predicted octanol–water partition coefficient (Wildman–Crippen LogP) is 3.30. The van der Waals surface area contributed by atoms with Crippen LogP contribution in [0.2, 0.25) is 5.15 Å². The standard InChI is InChI=1S/C17H16ClN3O3S/c18-15-6-4-12(10-19-15)25(23,24)21-11-3-5-14-13(9-11)17(16(22)20-14)7-1-2-8-17/h3-6,9-10,21H,1-2,7-8H2,(H,20,22). The monoisotopic (exact) mass is 377 g/mol. The third-order valence-corrected chi connectivity index (χ3v) is 6.53. The second-order valence-corrected chi connectivity index (χ2v) is 8.50. The van der Waals surface area contributed by atoms with Gasteiger partial charge in [0.05, 0.1) is 5.41 Å². The maximum absolute atomic E-state index is 12.5. The molecular weight excluding hydrogens is 362 g/mol. The Morgan fingerprint density at radius 2 is 1.92 bits per heavy atom. The Kier molecular flexibility index (Phi) is 3.73. The molecule has 0 atom stereocenters. The molecule has 1 aliphatic heterocycles. The van der Waals surface area contributed by atoms with Crippen LogP contribution in [0.3, 0.4) is 0 Å². The number of anilines is 2. The molecule has 0 bridgehead atoms. The largest absolute Gasteiger partial charge is 0.325 e.